The predicted molar refractivity (Wildman–Crippen MR) is 101 cm³/mol. The zero-order chi connectivity index (χ0) is 18.0. The summed E-state index contributed by atoms with van der Waals surface area (Å²) in [5.74, 6) is -0.198. The first-order chi connectivity index (χ1) is 12.0. The third kappa shape index (κ3) is 3.62. The van der Waals surface area contributed by atoms with Crippen LogP contribution in [0, 0.1) is 0 Å². The van der Waals surface area contributed by atoms with Crippen LogP contribution in [0.2, 0.25) is 0 Å². The zero-order valence-electron chi connectivity index (χ0n) is 14.6. The Morgan fingerprint density at radius 2 is 2.16 bits per heavy atom. The lowest BCUT2D eigenvalue weighted by Crippen LogP contribution is -2.41. The van der Waals surface area contributed by atoms with Crippen molar-refractivity contribution in [2.75, 3.05) is 12.9 Å². The van der Waals surface area contributed by atoms with Crippen molar-refractivity contribution in [2.24, 2.45) is 0 Å². The van der Waals surface area contributed by atoms with E-state index in [4.69, 9.17) is 0 Å². The second-order valence-electron chi connectivity index (χ2n) is 6.69. The van der Waals surface area contributed by atoms with Gasteiger partial charge < -0.3 is 15.4 Å². The van der Waals surface area contributed by atoms with Crippen molar-refractivity contribution >= 4 is 28.7 Å². The summed E-state index contributed by atoms with van der Waals surface area (Å²) in [6, 6.07) is 5.45. The SMILES string of the molecule is CS[C@@H](CO)[C@@H](C)NC(=O)c1ccc2c(c1)[nH]c(=O)n2C1CCCC1. The topological polar surface area (TPSA) is 87.1 Å². The van der Waals surface area contributed by atoms with Crippen LogP contribution in [0.3, 0.4) is 0 Å². The molecule has 3 rings (SSSR count). The Kier molecular flexibility index (Phi) is 5.54. The molecule has 1 aliphatic rings. The van der Waals surface area contributed by atoms with Crippen molar-refractivity contribution in [2.45, 2.75) is 49.9 Å². The molecule has 6 nitrogen and oxygen atoms in total. The molecule has 2 atom stereocenters. The summed E-state index contributed by atoms with van der Waals surface area (Å²) in [7, 11) is 0. The largest absolute Gasteiger partial charge is 0.395 e. The first-order valence-electron chi connectivity index (χ1n) is 8.74. The van der Waals surface area contributed by atoms with Gasteiger partial charge in [0.25, 0.3) is 5.91 Å². The number of aliphatic hydroxyl groups is 1. The van der Waals surface area contributed by atoms with E-state index in [2.05, 4.69) is 10.3 Å². The number of aromatic nitrogens is 2. The summed E-state index contributed by atoms with van der Waals surface area (Å²) in [5.41, 5.74) is 1.96. The van der Waals surface area contributed by atoms with Crippen LogP contribution in [0.15, 0.2) is 23.0 Å². The number of hydrogen-bond acceptors (Lipinski definition) is 4. The van der Waals surface area contributed by atoms with Crippen molar-refractivity contribution in [3.63, 3.8) is 0 Å². The fourth-order valence-electron chi connectivity index (χ4n) is 3.62. The van der Waals surface area contributed by atoms with Gasteiger partial charge in [0.05, 0.1) is 17.6 Å². The number of imidazole rings is 1. The van der Waals surface area contributed by atoms with Crippen LogP contribution in [0.5, 0.6) is 0 Å². The van der Waals surface area contributed by atoms with E-state index in [9.17, 15) is 14.7 Å². The maximum Gasteiger partial charge on any atom is 0.326 e. The summed E-state index contributed by atoms with van der Waals surface area (Å²) in [5, 5.41) is 12.2. The van der Waals surface area contributed by atoms with E-state index in [-0.39, 0.29) is 35.5 Å². The van der Waals surface area contributed by atoms with E-state index < -0.39 is 0 Å². The normalized spacial score (nSPS) is 17.7. The number of rotatable bonds is 6. The first kappa shape index (κ1) is 18.1. The molecule has 0 unspecified atom stereocenters. The lowest BCUT2D eigenvalue weighted by molar-refractivity contribution is 0.0936. The molecule has 1 heterocycles. The molecule has 1 fully saturated rings. The summed E-state index contributed by atoms with van der Waals surface area (Å²) in [4.78, 5) is 27.7. The van der Waals surface area contributed by atoms with Gasteiger partial charge in [-0.1, -0.05) is 12.8 Å². The zero-order valence-corrected chi connectivity index (χ0v) is 15.4. The Labute approximate surface area is 151 Å². The highest BCUT2D eigenvalue weighted by atomic mass is 32.2. The lowest BCUT2D eigenvalue weighted by atomic mass is 10.1. The van der Waals surface area contributed by atoms with Crippen LogP contribution < -0.4 is 11.0 Å². The van der Waals surface area contributed by atoms with E-state index in [1.165, 1.54) is 11.8 Å². The average molecular weight is 363 g/mol. The van der Waals surface area contributed by atoms with Crippen LogP contribution in [0.4, 0.5) is 0 Å². The molecule has 7 heteroatoms. The lowest BCUT2D eigenvalue weighted by Gasteiger charge is -2.21. The van der Waals surface area contributed by atoms with Gasteiger partial charge in [-0.2, -0.15) is 11.8 Å². The molecule has 1 aromatic carbocycles. The molecular weight excluding hydrogens is 338 g/mol. The minimum absolute atomic E-state index is 0.0131. The third-order valence-corrected chi connectivity index (χ3v) is 6.23. The Balaban J connectivity index is 1.84. The van der Waals surface area contributed by atoms with Crippen molar-refractivity contribution in [1.29, 1.82) is 0 Å². The fraction of sp³-hybridized carbons (Fsp3) is 0.556. The van der Waals surface area contributed by atoms with Gasteiger partial charge in [-0.15, -0.1) is 0 Å². The first-order valence-corrected chi connectivity index (χ1v) is 10.0. The number of aromatic amines is 1. The smallest absolute Gasteiger partial charge is 0.326 e. The van der Waals surface area contributed by atoms with Crippen LogP contribution >= 0.6 is 11.8 Å². The number of amides is 1. The number of carbonyl (C=O) groups is 1. The third-order valence-electron chi connectivity index (χ3n) is 5.07. The number of hydrogen-bond donors (Lipinski definition) is 3. The molecule has 0 spiro atoms. The number of H-pyrrole nitrogens is 1. The summed E-state index contributed by atoms with van der Waals surface area (Å²) < 4.78 is 1.84. The van der Waals surface area contributed by atoms with Crippen LogP contribution in [-0.4, -0.2) is 44.7 Å². The van der Waals surface area contributed by atoms with Crippen molar-refractivity contribution in [3.8, 4) is 0 Å². The number of nitrogens with zero attached hydrogens (tertiary/aromatic N) is 1. The van der Waals surface area contributed by atoms with Crippen LogP contribution in [0.25, 0.3) is 11.0 Å². The highest BCUT2D eigenvalue weighted by Crippen LogP contribution is 2.30. The molecule has 136 valence electrons. The molecule has 0 saturated heterocycles. The van der Waals surface area contributed by atoms with E-state index in [0.29, 0.717) is 11.1 Å². The van der Waals surface area contributed by atoms with E-state index in [1.54, 1.807) is 12.1 Å². The maximum absolute atomic E-state index is 12.5. The highest BCUT2D eigenvalue weighted by Gasteiger charge is 2.22. The standard InChI is InChI=1S/C18H25N3O3S/c1-11(16(10-22)25-2)19-17(23)12-7-8-15-14(9-12)20-18(24)21(15)13-5-3-4-6-13/h7-9,11,13,16,22H,3-6,10H2,1-2H3,(H,19,23)(H,20,24)/t11-,16+/m1/s1. The molecule has 0 aliphatic heterocycles. The number of thioether (sulfide) groups is 1. The summed E-state index contributed by atoms with van der Waals surface area (Å²) in [6.45, 7) is 1.89. The summed E-state index contributed by atoms with van der Waals surface area (Å²) in [6.07, 6.45) is 6.28. The minimum Gasteiger partial charge on any atom is -0.395 e. The molecule has 1 aromatic heterocycles. The van der Waals surface area contributed by atoms with Gasteiger partial charge in [0.2, 0.25) is 0 Å². The number of aliphatic hydroxyl groups excluding tert-OH is 1. The second kappa shape index (κ2) is 7.66. The number of carbonyl (C=O) groups excluding carboxylic acids is 1. The molecule has 1 aliphatic carbocycles. The quantitative estimate of drug-likeness (QED) is 0.735. The van der Waals surface area contributed by atoms with Crippen LogP contribution in [-0.2, 0) is 0 Å². The highest BCUT2D eigenvalue weighted by molar-refractivity contribution is 7.99. The van der Waals surface area contributed by atoms with Crippen LogP contribution in [0.1, 0.15) is 49.0 Å². The maximum atomic E-state index is 12.5. The van der Waals surface area contributed by atoms with Gasteiger partial charge in [0.1, 0.15) is 0 Å². The Morgan fingerprint density at radius 3 is 2.80 bits per heavy atom. The van der Waals surface area contributed by atoms with E-state index in [1.807, 2.05) is 23.8 Å². The monoisotopic (exact) mass is 363 g/mol. The second-order valence-corrected chi connectivity index (χ2v) is 7.77. The number of fused-ring (bicyclic) bond motifs is 1. The predicted octanol–water partition coefficient (Wildman–Crippen LogP) is 2.29. The molecule has 0 radical (unpaired) electrons. The Morgan fingerprint density at radius 1 is 1.44 bits per heavy atom. The van der Waals surface area contributed by atoms with E-state index in [0.717, 1.165) is 31.2 Å². The van der Waals surface area contributed by atoms with Crippen molar-refractivity contribution < 1.29 is 9.90 Å². The van der Waals surface area contributed by atoms with Gasteiger partial charge >= 0.3 is 5.69 Å². The number of nitrogens with one attached hydrogen (secondary N) is 2. The molecule has 25 heavy (non-hydrogen) atoms. The number of benzene rings is 1. The van der Waals surface area contributed by atoms with Gasteiger partial charge in [0.15, 0.2) is 0 Å². The molecule has 1 saturated carbocycles. The van der Waals surface area contributed by atoms with Crippen molar-refractivity contribution in [1.82, 2.24) is 14.9 Å². The van der Waals surface area contributed by atoms with Gasteiger partial charge in [-0.3, -0.25) is 9.36 Å². The minimum atomic E-state index is -0.198. The molecule has 1 amide bonds. The van der Waals surface area contributed by atoms with Crippen molar-refractivity contribution in [3.05, 3.63) is 34.2 Å². The molecule has 3 N–H and O–H groups in total. The molecular formula is C18H25N3O3S. The Hall–Kier alpha value is -1.73. The fourth-order valence-corrected chi connectivity index (χ4v) is 4.24. The molecule has 2 aromatic rings. The van der Waals surface area contributed by atoms with Gasteiger partial charge in [-0.05, 0) is 44.2 Å². The molecule has 0 bridgehead atoms. The Bertz CT molecular complexity index is 803. The van der Waals surface area contributed by atoms with E-state index >= 15 is 0 Å². The van der Waals surface area contributed by atoms with Gasteiger partial charge in [-0.25, -0.2) is 4.79 Å². The van der Waals surface area contributed by atoms with Gasteiger partial charge in [0, 0.05) is 22.9 Å². The average Bonchev–Trinajstić information content (AvgIpc) is 3.21. The summed E-state index contributed by atoms with van der Waals surface area (Å²) >= 11 is 1.52.